The maximum absolute atomic E-state index is 10.3. The molecule has 0 aliphatic heterocycles. The van der Waals surface area contributed by atoms with Crippen LogP contribution in [-0.4, -0.2) is 11.1 Å². The molecule has 102 valence electrons. The van der Waals surface area contributed by atoms with Gasteiger partial charge in [-0.1, -0.05) is 37.3 Å². The monoisotopic (exact) mass is 275 g/mol. The Kier molecular flexibility index (Phi) is 5.14. The van der Waals surface area contributed by atoms with Crippen molar-refractivity contribution in [2.24, 2.45) is 0 Å². The van der Waals surface area contributed by atoms with E-state index >= 15 is 0 Å². The van der Waals surface area contributed by atoms with E-state index in [1.54, 1.807) is 0 Å². The van der Waals surface area contributed by atoms with Gasteiger partial charge in [0.25, 0.3) is 0 Å². The molecule has 1 aromatic carbocycles. The van der Waals surface area contributed by atoms with Crippen LogP contribution < -0.4 is 5.32 Å². The smallest absolute Gasteiger partial charge is 0.0940 e. The second kappa shape index (κ2) is 6.85. The molecule has 19 heavy (non-hydrogen) atoms. The van der Waals surface area contributed by atoms with E-state index < -0.39 is 6.10 Å². The molecule has 2 N–H and O–H groups in total. The van der Waals surface area contributed by atoms with Crippen LogP contribution in [0.5, 0.6) is 0 Å². The van der Waals surface area contributed by atoms with Crippen LogP contribution in [0.4, 0.5) is 0 Å². The van der Waals surface area contributed by atoms with Crippen LogP contribution in [0.2, 0.25) is 0 Å². The summed E-state index contributed by atoms with van der Waals surface area (Å²) in [5.74, 6) is 0. The van der Waals surface area contributed by atoms with Crippen molar-refractivity contribution < 1.29 is 5.11 Å². The highest BCUT2D eigenvalue weighted by Gasteiger charge is 2.15. The molecule has 2 rings (SSSR count). The van der Waals surface area contributed by atoms with Gasteiger partial charge in [0.2, 0.25) is 0 Å². The molecule has 1 aromatic heterocycles. The number of aliphatic hydroxyl groups is 1. The Morgan fingerprint density at radius 1 is 1.11 bits per heavy atom. The molecule has 0 saturated heterocycles. The highest BCUT2D eigenvalue weighted by Crippen LogP contribution is 2.19. The molecule has 0 bridgehead atoms. The fourth-order valence-electron chi connectivity index (χ4n) is 2.02. The number of aliphatic hydroxyl groups excluding tert-OH is 1. The highest BCUT2D eigenvalue weighted by atomic mass is 32.1. The van der Waals surface area contributed by atoms with Crippen LogP contribution in [0.15, 0.2) is 42.5 Å². The number of aryl methyl sites for hydroxylation is 1. The van der Waals surface area contributed by atoms with Gasteiger partial charge in [-0.3, -0.25) is 0 Å². The van der Waals surface area contributed by atoms with Crippen LogP contribution in [0.3, 0.4) is 0 Å². The SMILES string of the molecule is CCc1ccc(CN[C@H](C)[C@@H](O)c2ccccc2)s1. The summed E-state index contributed by atoms with van der Waals surface area (Å²) in [6.45, 7) is 5.01. The molecule has 1 heterocycles. The molecule has 2 atom stereocenters. The third kappa shape index (κ3) is 3.90. The minimum atomic E-state index is -0.466. The standard InChI is InChI=1S/C16H21NOS/c1-3-14-9-10-15(19-14)11-17-12(2)16(18)13-7-5-4-6-8-13/h4-10,12,16-18H,3,11H2,1-2H3/t12-,16-/m1/s1. The Morgan fingerprint density at radius 3 is 2.42 bits per heavy atom. The second-order valence-corrected chi connectivity index (χ2v) is 6.00. The lowest BCUT2D eigenvalue weighted by Crippen LogP contribution is -2.31. The Hall–Kier alpha value is -1.16. The molecule has 0 aliphatic rings. The predicted octanol–water partition coefficient (Wildman–Crippen LogP) is 3.52. The Bertz CT molecular complexity index is 494. The molecule has 0 spiro atoms. The first-order chi connectivity index (χ1) is 9.20. The minimum absolute atomic E-state index is 0.0366. The summed E-state index contributed by atoms with van der Waals surface area (Å²) < 4.78 is 0. The lowest BCUT2D eigenvalue weighted by molar-refractivity contribution is 0.135. The average molecular weight is 275 g/mol. The minimum Gasteiger partial charge on any atom is -0.387 e. The van der Waals surface area contributed by atoms with Crippen LogP contribution in [0.1, 0.15) is 35.3 Å². The Labute approximate surface area is 119 Å². The molecule has 0 amide bonds. The fraction of sp³-hybridized carbons (Fsp3) is 0.375. The van der Waals surface area contributed by atoms with E-state index in [4.69, 9.17) is 0 Å². The lowest BCUT2D eigenvalue weighted by Gasteiger charge is -2.20. The average Bonchev–Trinajstić information content (AvgIpc) is 2.93. The molecule has 2 aromatic rings. The van der Waals surface area contributed by atoms with Crippen molar-refractivity contribution in [3.63, 3.8) is 0 Å². The van der Waals surface area contributed by atoms with Gasteiger partial charge in [0.15, 0.2) is 0 Å². The van der Waals surface area contributed by atoms with E-state index in [9.17, 15) is 5.11 Å². The highest BCUT2D eigenvalue weighted by molar-refractivity contribution is 7.11. The fourth-order valence-corrected chi connectivity index (χ4v) is 2.93. The van der Waals surface area contributed by atoms with Gasteiger partial charge in [-0.2, -0.15) is 0 Å². The number of nitrogens with one attached hydrogen (secondary N) is 1. The normalized spacial score (nSPS) is 14.3. The van der Waals surface area contributed by atoms with E-state index in [-0.39, 0.29) is 6.04 Å². The topological polar surface area (TPSA) is 32.3 Å². The summed E-state index contributed by atoms with van der Waals surface area (Å²) in [4.78, 5) is 2.73. The van der Waals surface area contributed by atoms with E-state index in [0.29, 0.717) is 0 Å². The van der Waals surface area contributed by atoms with Gasteiger partial charge in [0.1, 0.15) is 0 Å². The largest absolute Gasteiger partial charge is 0.387 e. The van der Waals surface area contributed by atoms with Gasteiger partial charge in [0, 0.05) is 22.3 Å². The second-order valence-electron chi connectivity index (χ2n) is 4.75. The molecule has 0 fully saturated rings. The summed E-state index contributed by atoms with van der Waals surface area (Å²) >= 11 is 1.84. The van der Waals surface area contributed by atoms with Crippen LogP contribution in [0.25, 0.3) is 0 Å². The van der Waals surface area contributed by atoms with Gasteiger partial charge in [-0.25, -0.2) is 0 Å². The first-order valence-corrected chi connectivity index (χ1v) is 7.56. The summed E-state index contributed by atoms with van der Waals surface area (Å²) in [5.41, 5.74) is 0.961. The maximum atomic E-state index is 10.3. The van der Waals surface area contributed by atoms with Gasteiger partial charge < -0.3 is 10.4 Å². The molecular weight excluding hydrogens is 254 g/mol. The predicted molar refractivity (Wildman–Crippen MR) is 81.4 cm³/mol. The Balaban J connectivity index is 1.88. The number of hydrogen-bond donors (Lipinski definition) is 2. The van der Waals surface area contributed by atoms with E-state index in [1.165, 1.54) is 9.75 Å². The molecule has 0 aliphatic carbocycles. The van der Waals surface area contributed by atoms with Crippen molar-refractivity contribution in [3.8, 4) is 0 Å². The first-order valence-electron chi connectivity index (χ1n) is 6.74. The number of rotatable bonds is 6. The van der Waals surface area contributed by atoms with E-state index in [0.717, 1.165) is 18.5 Å². The van der Waals surface area contributed by atoms with Crippen molar-refractivity contribution in [1.29, 1.82) is 0 Å². The van der Waals surface area contributed by atoms with Crippen molar-refractivity contribution >= 4 is 11.3 Å². The number of hydrogen-bond acceptors (Lipinski definition) is 3. The van der Waals surface area contributed by atoms with E-state index in [1.807, 2.05) is 48.6 Å². The van der Waals surface area contributed by atoms with Crippen LogP contribution in [-0.2, 0) is 13.0 Å². The molecule has 2 nitrogen and oxygen atoms in total. The quantitative estimate of drug-likeness (QED) is 0.845. The lowest BCUT2D eigenvalue weighted by atomic mass is 10.0. The summed E-state index contributed by atoms with van der Waals surface area (Å²) in [5, 5.41) is 13.7. The zero-order valence-corrected chi connectivity index (χ0v) is 12.3. The molecule has 0 unspecified atom stereocenters. The maximum Gasteiger partial charge on any atom is 0.0940 e. The van der Waals surface area contributed by atoms with Crippen molar-refractivity contribution in [1.82, 2.24) is 5.32 Å². The molecule has 0 radical (unpaired) electrons. The molecular formula is C16H21NOS. The zero-order valence-electron chi connectivity index (χ0n) is 11.5. The zero-order chi connectivity index (χ0) is 13.7. The van der Waals surface area contributed by atoms with Crippen molar-refractivity contribution in [2.75, 3.05) is 0 Å². The summed E-state index contributed by atoms with van der Waals surface area (Å²) in [7, 11) is 0. The number of benzene rings is 1. The van der Waals surface area contributed by atoms with Crippen molar-refractivity contribution in [3.05, 3.63) is 57.8 Å². The third-order valence-corrected chi connectivity index (χ3v) is 4.51. The first kappa shape index (κ1) is 14.3. The van der Waals surface area contributed by atoms with Crippen LogP contribution in [0, 0.1) is 0 Å². The Morgan fingerprint density at radius 2 is 1.79 bits per heavy atom. The summed E-state index contributed by atoms with van der Waals surface area (Å²) in [6, 6.07) is 14.2. The van der Waals surface area contributed by atoms with Gasteiger partial charge in [-0.15, -0.1) is 11.3 Å². The van der Waals surface area contributed by atoms with Gasteiger partial charge >= 0.3 is 0 Å². The van der Waals surface area contributed by atoms with Gasteiger partial charge in [-0.05, 0) is 31.0 Å². The number of thiophene rings is 1. The molecule has 0 saturated carbocycles. The van der Waals surface area contributed by atoms with Gasteiger partial charge in [0.05, 0.1) is 6.10 Å². The third-order valence-electron chi connectivity index (χ3n) is 3.28. The van der Waals surface area contributed by atoms with Crippen molar-refractivity contribution in [2.45, 2.75) is 39.0 Å². The van der Waals surface area contributed by atoms with E-state index in [2.05, 4.69) is 24.4 Å². The van der Waals surface area contributed by atoms with Crippen LogP contribution >= 0.6 is 11.3 Å². The summed E-state index contributed by atoms with van der Waals surface area (Å²) in [6.07, 6.45) is 0.624. The molecule has 3 heteroatoms.